The van der Waals surface area contributed by atoms with Crippen LogP contribution in [0.1, 0.15) is 18.7 Å². The molecular formula is C12H16N4O. The Labute approximate surface area is 99.5 Å². The molecule has 3 rings (SSSR count). The van der Waals surface area contributed by atoms with Crippen LogP contribution in [0.4, 0.5) is 0 Å². The summed E-state index contributed by atoms with van der Waals surface area (Å²) in [6, 6.07) is 3.42. The van der Waals surface area contributed by atoms with Crippen molar-refractivity contribution in [2.24, 2.45) is 5.92 Å². The molecule has 0 unspecified atom stereocenters. The van der Waals surface area contributed by atoms with Gasteiger partial charge in [-0.2, -0.15) is 5.10 Å². The van der Waals surface area contributed by atoms with E-state index in [4.69, 9.17) is 0 Å². The van der Waals surface area contributed by atoms with Crippen molar-refractivity contribution < 1.29 is 5.11 Å². The molecule has 0 spiro atoms. The Morgan fingerprint density at radius 3 is 3.00 bits per heavy atom. The predicted octanol–water partition coefficient (Wildman–Crippen LogP) is 0.977. The number of nitrogens with one attached hydrogen (secondary N) is 1. The molecule has 0 bridgehead atoms. The number of hydrogen-bond acceptors (Lipinski definition) is 4. The minimum absolute atomic E-state index is 0.218. The van der Waals surface area contributed by atoms with Crippen LogP contribution in [0.25, 0.3) is 5.65 Å². The summed E-state index contributed by atoms with van der Waals surface area (Å²) in [5, 5.41) is 17.1. The molecule has 0 amide bonds. The molecule has 90 valence electrons. The Morgan fingerprint density at radius 1 is 1.35 bits per heavy atom. The Bertz CT molecular complexity index is 516. The summed E-state index contributed by atoms with van der Waals surface area (Å²) in [4.78, 5) is 4.47. The van der Waals surface area contributed by atoms with Crippen molar-refractivity contribution in [2.45, 2.75) is 19.3 Å². The summed E-state index contributed by atoms with van der Waals surface area (Å²) in [6.07, 6.45) is 4.92. The summed E-state index contributed by atoms with van der Waals surface area (Å²) < 4.78 is 1.64. The summed E-state index contributed by atoms with van der Waals surface area (Å²) in [5.74, 6) is 1.78. The van der Waals surface area contributed by atoms with E-state index in [1.165, 1.54) is 12.8 Å². The van der Waals surface area contributed by atoms with E-state index in [2.05, 4.69) is 15.4 Å². The van der Waals surface area contributed by atoms with E-state index in [0.717, 1.165) is 31.0 Å². The average molecular weight is 232 g/mol. The molecule has 0 radical (unpaired) electrons. The van der Waals surface area contributed by atoms with Gasteiger partial charge in [0.2, 0.25) is 0 Å². The first kappa shape index (κ1) is 10.5. The molecule has 2 aromatic rings. The van der Waals surface area contributed by atoms with Crippen LogP contribution in [0.2, 0.25) is 0 Å². The van der Waals surface area contributed by atoms with Crippen LogP contribution in [-0.2, 0) is 6.42 Å². The van der Waals surface area contributed by atoms with Crippen LogP contribution >= 0.6 is 0 Å². The Hall–Kier alpha value is -1.62. The molecule has 1 saturated heterocycles. The van der Waals surface area contributed by atoms with Gasteiger partial charge in [0.25, 0.3) is 0 Å². The van der Waals surface area contributed by atoms with Gasteiger partial charge in [-0.15, -0.1) is 0 Å². The van der Waals surface area contributed by atoms with Gasteiger partial charge in [-0.3, -0.25) is 0 Å². The number of fused-ring (bicyclic) bond motifs is 1. The Kier molecular flexibility index (Phi) is 2.68. The van der Waals surface area contributed by atoms with Gasteiger partial charge >= 0.3 is 0 Å². The maximum atomic E-state index is 9.36. The zero-order valence-corrected chi connectivity index (χ0v) is 9.63. The smallest absolute Gasteiger partial charge is 0.155 e. The van der Waals surface area contributed by atoms with E-state index in [1.807, 2.05) is 0 Å². The van der Waals surface area contributed by atoms with E-state index >= 15 is 0 Å². The normalized spacial score (nSPS) is 17.6. The number of nitrogens with zero attached hydrogens (tertiary/aromatic N) is 3. The van der Waals surface area contributed by atoms with Crippen LogP contribution in [0.5, 0.6) is 5.75 Å². The first-order chi connectivity index (χ1) is 8.31. The van der Waals surface area contributed by atoms with Gasteiger partial charge in [-0.25, -0.2) is 9.50 Å². The number of aromatic hydroxyl groups is 1. The van der Waals surface area contributed by atoms with E-state index in [1.54, 1.807) is 22.8 Å². The van der Waals surface area contributed by atoms with Crippen LogP contribution in [-0.4, -0.2) is 32.8 Å². The third kappa shape index (κ3) is 2.24. The fourth-order valence-corrected chi connectivity index (χ4v) is 2.35. The largest absolute Gasteiger partial charge is 0.506 e. The lowest BCUT2D eigenvalue weighted by atomic mass is 9.94. The lowest BCUT2D eigenvalue weighted by Gasteiger charge is -2.20. The lowest BCUT2D eigenvalue weighted by Crippen LogP contribution is -2.28. The highest BCUT2D eigenvalue weighted by Gasteiger charge is 2.16. The van der Waals surface area contributed by atoms with Gasteiger partial charge < -0.3 is 10.4 Å². The first-order valence-electron chi connectivity index (χ1n) is 6.06. The minimum atomic E-state index is 0.218. The first-order valence-corrected chi connectivity index (χ1v) is 6.06. The van der Waals surface area contributed by atoms with Gasteiger partial charge in [0.1, 0.15) is 5.75 Å². The number of piperidine rings is 1. The molecule has 0 atom stereocenters. The second kappa shape index (κ2) is 4.33. The van der Waals surface area contributed by atoms with Crippen molar-refractivity contribution in [3.63, 3.8) is 0 Å². The molecule has 0 aromatic carbocycles. The second-order valence-electron chi connectivity index (χ2n) is 4.62. The van der Waals surface area contributed by atoms with E-state index in [9.17, 15) is 5.11 Å². The molecule has 5 nitrogen and oxygen atoms in total. The maximum Gasteiger partial charge on any atom is 0.155 e. The molecule has 2 aromatic heterocycles. The highest BCUT2D eigenvalue weighted by atomic mass is 16.3. The standard InChI is InChI=1S/C12H16N4O/c17-10-1-2-12-14-11(15-16(12)8-10)7-9-3-5-13-6-4-9/h1-2,8-9,13,17H,3-7H2. The third-order valence-corrected chi connectivity index (χ3v) is 3.29. The van der Waals surface area contributed by atoms with Gasteiger partial charge in [-0.05, 0) is 44.0 Å². The van der Waals surface area contributed by atoms with E-state index in [-0.39, 0.29) is 5.75 Å². The fourth-order valence-electron chi connectivity index (χ4n) is 2.35. The van der Waals surface area contributed by atoms with Crippen LogP contribution in [0.15, 0.2) is 18.3 Å². The highest BCUT2D eigenvalue weighted by molar-refractivity contribution is 5.40. The minimum Gasteiger partial charge on any atom is -0.506 e. The molecule has 0 saturated carbocycles. The summed E-state index contributed by atoms with van der Waals surface area (Å²) in [7, 11) is 0. The van der Waals surface area contributed by atoms with Crippen molar-refractivity contribution >= 4 is 5.65 Å². The topological polar surface area (TPSA) is 62.5 Å². The molecule has 1 fully saturated rings. The Morgan fingerprint density at radius 2 is 2.18 bits per heavy atom. The Balaban J connectivity index is 1.80. The fraction of sp³-hybridized carbons (Fsp3) is 0.500. The quantitative estimate of drug-likeness (QED) is 0.810. The van der Waals surface area contributed by atoms with Crippen molar-refractivity contribution in [1.29, 1.82) is 0 Å². The summed E-state index contributed by atoms with van der Waals surface area (Å²) in [6.45, 7) is 2.19. The molecule has 2 N–H and O–H groups in total. The lowest BCUT2D eigenvalue weighted by molar-refractivity contribution is 0.367. The number of pyridine rings is 1. The maximum absolute atomic E-state index is 9.36. The zero-order chi connectivity index (χ0) is 11.7. The molecule has 1 aliphatic rings. The van der Waals surface area contributed by atoms with Crippen LogP contribution in [0.3, 0.4) is 0 Å². The van der Waals surface area contributed by atoms with Crippen molar-refractivity contribution in [3.8, 4) is 5.75 Å². The van der Waals surface area contributed by atoms with E-state index in [0.29, 0.717) is 5.92 Å². The van der Waals surface area contributed by atoms with Crippen molar-refractivity contribution in [3.05, 3.63) is 24.2 Å². The van der Waals surface area contributed by atoms with Gasteiger partial charge in [0.05, 0.1) is 6.20 Å². The molecule has 3 heterocycles. The second-order valence-corrected chi connectivity index (χ2v) is 4.62. The van der Waals surface area contributed by atoms with Gasteiger partial charge in [0, 0.05) is 6.42 Å². The SMILES string of the molecule is Oc1ccc2nc(CC3CCNCC3)nn2c1. The molecule has 1 aliphatic heterocycles. The molecule has 17 heavy (non-hydrogen) atoms. The number of aromatic nitrogens is 3. The monoisotopic (exact) mass is 232 g/mol. The van der Waals surface area contributed by atoms with Crippen molar-refractivity contribution in [1.82, 2.24) is 19.9 Å². The molecule has 5 heteroatoms. The van der Waals surface area contributed by atoms with Crippen LogP contribution in [0, 0.1) is 5.92 Å². The predicted molar refractivity (Wildman–Crippen MR) is 63.9 cm³/mol. The van der Waals surface area contributed by atoms with E-state index < -0.39 is 0 Å². The summed E-state index contributed by atoms with van der Waals surface area (Å²) in [5.41, 5.74) is 0.798. The third-order valence-electron chi connectivity index (χ3n) is 3.29. The average Bonchev–Trinajstić information content (AvgIpc) is 2.71. The van der Waals surface area contributed by atoms with Crippen molar-refractivity contribution in [2.75, 3.05) is 13.1 Å². The molecule has 0 aliphatic carbocycles. The number of rotatable bonds is 2. The zero-order valence-electron chi connectivity index (χ0n) is 9.63. The molecular weight excluding hydrogens is 216 g/mol. The van der Waals surface area contributed by atoms with Gasteiger partial charge in [-0.1, -0.05) is 0 Å². The summed E-state index contributed by atoms with van der Waals surface area (Å²) >= 11 is 0. The van der Waals surface area contributed by atoms with Gasteiger partial charge in [0.15, 0.2) is 11.5 Å². The highest BCUT2D eigenvalue weighted by Crippen LogP contribution is 2.17. The number of hydrogen-bond donors (Lipinski definition) is 2. The van der Waals surface area contributed by atoms with Crippen LogP contribution < -0.4 is 5.32 Å².